The van der Waals surface area contributed by atoms with Gasteiger partial charge in [0.1, 0.15) is 0 Å². The standard InChI is InChI=1S/C57H37NS/c1-3-15-41(16-4-1)45-19-9-13-25-53(45)58(43-17-5-2-6-18-43)44-34-31-39(32-35-44)38-27-29-40(30-28-38)42-33-36-47-46-20-7-11-23-50(46)57(52(47)37-42)51-24-12-8-21-48(51)56-55(57)49-22-10-14-26-54(49)59-56/h1-37H/t57-/m1/s1. The summed E-state index contributed by atoms with van der Waals surface area (Å²) in [5.41, 5.74) is 19.8. The van der Waals surface area contributed by atoms with Gasteiger partial charge in [-0.3, -0.25) is 0 Å². The quantitative estimate of drug-likeness (QED) is 0.163. The smallest absolute Gasteiger partial charge is 0.0740 e. The van der Waals surface area contributed by atoms with Crippen LogP contribution in [0.3, 0.4) is 0 Å². The SMILES string of the molecule is c1ccc(-c2ccccc2N(c2ccccc2)c2ccc(-c3ccc(-c4ccc5c(c4)[C@@]4(c6ccccc6-5)c5ccccc5-c5sc6ccccc6c54)cc3)cc2)cc1. The lowest BCUT2D eigenvalue weighted by Gasteiger charge is -2.30. The maximum Gasteiger partial charge on any atom is 0.0740 e. The molecule has 2 heteroatoms. The highest BCUT2D eigenvalue weighted by Gasteiger charge is 2.53. The molecule has 0 unspecified atom stereocenters. The van der Waals surface area contributed by atoms with Gasteiger partial charge in [0.25, 0.3) is 0 Å². The Kier molecular flexibility index (Phi) is 7.69. The summed E-state index contributed by atoms with van der Waals surface area (Å²) in [6.07, 6.45) is 0. The monoisotopic (exact) mass is 767 g/mol. The van der Waals surface area contributed by atoms with Crippen LogP contribution in [0.25, 0.3) is 65.0 Å². The van der Waals surface area contributed by atoms with Crippen molar-refractivity contribution in [2.75, 3.05) is 4.90 Å². The molecule has 1 nitrogen and oxygen atoms in total. The lowest BCUT2D eigenvalue weighted by atomic mass is 9.70. The van der Waals surface area contributed by atoms with E-state index >= 15 is 0 Å². The summed E-state index contributed by atoms with van der Waals surface area (Å²) in [5, 5.41) is 1.36. The first-order valence-electron chi connectivity index (χ1n) is 20.3. The van der Waals surface area contributed by atoms with Gasteiger partial charge in [-0.2, -0.15) is 0 Å². The summed E-state index contributed by atoms with van der Waals surface area (Å²) in [4.78, 5) is 3.76. The highest BCUT2D eigenvalue weighted by molar-refractivity contribution is 7.22. The van der Waals surface area contributed by atoms with Crippen molar-refractivity contribution in [3.8, 4) is 54.9 Å². The molecular weight excluding hydrogens is 731 g/mol. The van der Waals surface area contributed by atoms with Crippen molar-refractivity contribution < 1.29 is 0 Å². The molecule has 0 amide bonds. The Bertz CT molecular complexity index is 3200. The van der Waals surface area contributed by atoms with E-state index in [0.717, 1.165) is 17.1 Å². The van der Waals surface area contributed by atoms with E-state index < -0.39 is 0 Å². The Morgan fingerprint density at radius 2 is 0.847 bits per heavy atom. The van der Waals surface area contributed by atoms with Crippen molar-refractivity contribution in [1.82, 2.24) is 0 Å². The van der Waals surface area contributed by atoms with Crippen LogP contribution in [-0.4, -0.2) is 0 Å². The molecule has 0 fully saturated rings. The minimum absolute atomic E-state index is 0.371. The van der Waals surface area contributed by atoms with E-state index in [1.807, 2.05) is 11.3 Å². The van der Waals surface area contributed by atoms with E-state index in [0.29, 0.717) is 0 Å². The Hall–Kier alpha value is -7.26. The molecule has 12 rings (SSSR count). The van der Waals surface area contributed by atoms with Gasteiger partial charge < -0.3 is 4.90 Å². The van der Waals surface area contributed by atoms with Gasteiger partial charge in [0.15, 0.2) is 0 Å². The first-order valence-corrected chi connectivity index (χ1v) is 21.2. The number of para-hydroxylation sites is 2. The molecule has 0 N–H and O–H groups in total. The summed E-state index contributed by atoms with van der Waals surface area (Å²) in [6, 6.07) is 82.5. The van der Waals surface area contributed by atoms with Crippen molar-refractivity contribution >= 4 is 38.5 Å². The predicted octanol–water partition coefficient (Wildman–Crippen LogP) is 15.7. The van der Waals surface area contributed by atoms with Crippen LogP contribution in [0.1, 0.15) is 22.3 Å². The molecule has 9 aromatic carbocycles. The lowest BCUT2D eigenvalue weighted by molar-refractivity contribution is 0.803. The number of hydrogen-bond acceptors (Lipinski definition) is 2. The fourth-order valence-electron chi connectivity index (χ4n) is 9.96. The summed E-state index contributed by atoms with van der Waals surface area (Å²) in [5.74, 6) is 0. The number of thiophene rings is 1. The van der Waals surface area contributed by atoms with Crippen LogP contribution < -0.4 is 4.90 Å². The number of hydrogen-bond donors (Lipinski definition) is 0. The van der Waals surface area contributed by atoms with Crippen LogP contribution in [0.2, 0.25) is 0 Å². The van der Waals surface area contributed by atoms with Gasteiger partial charge in [0.05, 0.1) is 11.1 Å². The van der Waals surface area contributed by atoms with E-state index in [9.17, 15) is 0 Å². The average Bonchev–Trinajstić information content (AvgIpc) is 3.94. The molecule has 0 saturated carbocycles. The molecule has 0 radical (unpaired) electrons. The molecule has 1 aromatic heterocycles. The minimum Gasteiger partial charge on any atom is -0.310 e. The third-order valence-corrected chi connectivity index (χ3v) is 13.7. The van der Waals surface area contributed by atoms with Gasteiger partial charge in [-0.05, 0) is 115 Å². The minimum atomic E-state index is -0.371. The molecule has 10 aromatic rings. The summed E-state index contributed by atoms with van der Waals surface area (Å²) in [7, 11) is 0. The molecule has 59 heavy (non-hydrogen) atoms. The van der Waals surface area contributed by atoms with Crippen molar-refractivity contribution in [3.63, 3.8) is 0 Å². The topological polar surface area (TPSA) is 3.24 Å². The molecule has 1 atom stereocenters. The lowest BCUT2D eigenvalue weighted by Crippen LogP contribution is -2.25. The van der Waals surface area contributed by atoms with E-state index in [-0.39, 0.29) is 5.41 Å². The molecular formula is C57H37NS. The van der Waals surface area contributed by atoms with Crippen molar-refractivity contribution in [3.05, 3.63) is 247 Å². The maximum atomic E-state index is 2.49. The maximum absolute atomic E-state index is 2.49. The zero-order chi connectivity index (χ0) is 38.9. The van der Waals surface area contributed by atoms with Gasteiger partial charge >= 0.3 is 0 Å². The van der Waals surface area contributed by atoms with Crippen LogP contribution in [0.15, 0.2) is 224 Å². The second-order valence-corrected chi connectivity index (χ2v) is 16.6. The highest BCUT2D eigenvalue weighted by Crippen LogP contribution is 2.66. The predicted molar refractivity (Wildman–Crippen MR) is 249 cm³/mol. The fourth-order valence-corrected chi connectivity index (χ4v) is 11.3. The number of rotatable bonds is 6. The highest BCUT2D eigenvalue weighted by atomic mass is 32.1. The van der Waals surface area contributed by atoms with Gasteiger partial charge in [-0.1, -0.05) is 182 Å². The third kappa shape index (κ3) is 5.10. The average molecular weight is 768 g/mol. The Morgan fingerprint density at radius 3 is 1.59 bits per heavy atom. The zero-order valence-electron chi connectivity index (χ0n) is 32.2. The van der Waals surface area contributed by atoms with Crippen LogP contribution in [0.5, 0.6) is 0 Å². The van der Waals surface area contributed by atoms with E-state index in [4.69, 9.17) is 0 Å². The molecule has 2 aliphatic rings. The van der Waals surface area contributed by atoms with Gasteiger partial charge in [0.2, 0.25) is 0 Å². The summed E-state index contributed by atoms with van der Waals surface area (Å²) in [6.45, 7) is 0. The van der Waals surface area contributed by atoms with Crippen LogP contribution in [0, 0.1) is 0 Å². The first kappa shape index (κ1) is 33.8. The van der Waals surface area contributed by atoms with Crippen LogP contribution >= 0.6 is 11.3 Å². The number of benzene rings is 9. The fraction of sp³-hybridized carbons (Fsp3) is 0.0175. The van der Waals surface area contributed by atoms with Crippen molar-refractivity contribution in [2.45, 2.75) is 5.41 Å². The normalized spacial score (nSPS) is 14.5. The van der Waals surface area contributed by atoms with Crippen molar-refractivity contribution in [1.29, 1.82) is 0 Å². The van der Waals surface area contributed by atoms with Gasteiger partial charge in [0, 0.05) is 26.5 Å². The van der Waals surface area contributed by atoms with E-state index in [1.54, 1.807) is 0 Å². The number of fused-ring (bicyclic) bond motifs is 12. The summed E-state index contributed by atoms with van der Waals surface area (Å²) < 4.78 is 1.35. The molecule has 0 bridgehead atoms. The largest absolute Gasteiger partial charge is 0.310 e. The molecule has 2 aliphatic carbocycles. The first-order chi connectivity index (χ1) is 29.3. The number of anilines is 3. The van der Waals surface area contributed by atoms with Crippen LogP contribution in [-0.2, 0) is 5.41 Å². The van der Waals surface area contributed by atoms with Gasteiger partial charge in [-0.15, -0.1) is 11.3 Å². The van der Waals surface area contributed by atoms with E-state index in [1.165, 1.54) is 87.3 Å². The molecule has 1 spiro atoms. The second-order valence-electron chi connectivity index (χ2n) is 15.6. The van der Waals surface area contributed by atoms with Crippen molar-refractivity contribution in [2.24, 2.45) is 0 Å². The van der Waals surface area contributed by atoms with Gasteiger partial charge in [-0.25, -0.2) is 0 Å². The van der Waals surface area contributed by atoms with E-state index in [2.05, 4.69) is 229 Å². The van der Waals surface area contributed by atoms with Crippen LogP contribution in [0.4, 0.5) is 17.1 Å². The molecule has 0 aliphatic heterocycles. The molecule has 276 valence electrons. The Balaban J connectivity index is 0.927. The third-order valence-electron chi connectivity index (χ3n) is 12.5. The summed E-state index contributed by atoms with van der Waals surface area (Å²) >= 11 is 1.94. The second kappa shape index (κ2) is 13.4. The Morgan fingerprint density at radius 1 is 0.339 bits per heavy atom. The molecule has 0 saturated heterocycles. The molecule has 1 heterocycles. The zero-order valence-corrected chi connectivity index (χ0v) is 33.0. The number of nitrogens with zero attached hydrogens (tertiary/aromatic N) is 1. The Labute approximate surface area is 348 Å².